The van der Waals surface area contributed by atoms with Gasteiger partial charge in [0.15, 0.2) is 0 Å². The molecule has 0 amide bonds. The van der Waals surface area contributed by atoms with E-state index in [-0.39, 0.29) is 21.1 Å². The van der Waals surface area contributed by atoms with Crippen LogP contribution < -0.4 is 4.90 Å². The average molecular weight is 408 g/mol. The Balaban J connectivity index is 0.00000120. The van der Waals surface area contributed by atoms with Gasteiger partial charge in [0.05, 0.1) is 5.82 Å². The van der Waals surface area contributed by atoms with Crippen molar-refractivity contribution in [3.63, 3.8) is 0 Å². The van der Waals surface area contributed by atoms with E-state index >= 15 is 0 Å². The molecule has 4 heteroatoms. The van der Waals surface area contributed by atoms with Crippen molar-refractivity contribution in [3.05, 3.63) is 42.6 Å². The van der Waals surface area contributed by atoms with Crippen molar-refractivity contribution >= 4 is 5.82 Å². The Hall–Kier alpha value is -1.21. The molecule has 1 aliphatic heterocycles. The van der Waals surface area contributed by atoms with E-state index in [4.69, 9.17) is 0 Å². The van der Waals surface area contributed by atoms with Gasteiger partial charge in [-0.3, -0.25) is 9.97 Å². The first-order valence-electron chi connectivity index (χ1n) is 5.88. The summed E-state index contributed by atoms with van der Waals surface area (Å²) in [5.41, 5.74) is 0.947. The van der Waals surface area contributed by atoms with E-state index in [9.17, 15) is 0 Å². The third-order valence-corrected chi connectivity index (χ3v) is 2.98. The molecule has 0 N–H and O–H groups in total. The Kier molecular flexibility index (Phi) is 4.13. The van der Waals surface area contributed by atoms with Crippen molar-refractivity contribution in [1.29, 1.82) is 0 Å². The van der Waals surface area contributed by atoms with Crippen LogP contribution >= 0.6 is 0 Å². The number of anilines is 1. The van der Waals surface area contributed by atoms with E-state index < -0.39 is 0 Å². The normalized spacial score (nSPS) is 14.8. The van der Waals surface area contributed by atoms with Crippen LogP contribution in [0, 0.1) is 12.0 Å². The zero-order chi connectivity index (χ0) is 11.7. The monoisotopic (exact) mass is 408 g/mol. The predicted octanol–water partition coefficient (Wildman–Crippen LogP) is 2.40. The SMILES string of the molecule is CC1CN(c2ccnc(-c3[c-]cccc3)n2)C1.[W]. The van der Waals surface area contributed by atoms with Gasteiger partial charge in [0.1, 0.15) is 5.82 Å². The zero-order valence-corrected chi connectivity index (χ0v) is 13.1. The fourth-order valence-electron chi connectivity index (χ4n) is 2.07. The van der Waals surface area contributed by atoms with Crippen molar-refractivity contribution in [3.8, 4) is 11.4 Å². The van der Waals surface area contributed by atoms with Gasteiger partial charge < -0.3 is 4.90 Å². The minimum absolute atomic E-state index is 0. The van der Waals surface area contributed by atoms with Crippen LogP contribution in [0.25, 0.3) is 11.4 Å². The van der Waals surface area contributed by atoms with Crippen molar-refractivity contribution in [2.24, 2.45) is 5.92 Å². The number of benzene rings is 1. The van der Waals surface area contributed by atoms with E-state index in [2.05, 4.69) is 27.9 Å². The van der Waals surface area contributed by atoms with E-state index in [1.807, 2.05) is 36.5 Å². The third-order valence-electron chi connectivity index (χ3n) is 2.98. The summed E-state index contributed by atoms with van der Waals surface area (Å²) < 4.78 is 0. The average Bonchev–Trinajstić information content (AvgIpc) is 2.36. The molecule has 0 radical (unpaired) electrons. The Morgan fingerprint density at radius 2 is 2.11 bits per heavy atom. The smallest absolute Gasteiger partial charge is 0.122 e. The van der Waals surface area contributed by atoms with Crippen LogP contribution in [-0.4, -0.2) is 23.1 Å². The van der Waals surface area contributed by atoms with Gasteiger partial charge in [-0.15, -0.1) is 35.9 Å². The molecule has 0 saturated carbocycles. The molecule has 0 atom stereocenters. The van der Waals surface area contributed by atoms with Crippen molar-refractivity contribution < 1.29 is 21.1 Å². The van der Waals surface area contributed by atoms with Gasteiger partial charge in [-0.25, -0.2) is 0 Å². The van der Waals surface area contributed by atoms with Crippen LogP contribution in [0.4, 0.5) is 5.82 Å². The fraction of sp³-hybridized carbons (Fsp3) is 0.286. The van der Waals surface area contributed by atoms with Crippen LogP contribution in [0.5, 0.6) is 0 Å². The van der Waals surface area contributed by atoms with E-state index in [0.29, 0.717) is 0 Å². The molecule has 1 saturated heterocycles. The molecule has 2 heterocycles. The van der Waals surface area contributed by atoms with Crippen LogP contribution in [0.3, 0.4) is 0 Å². The summed E-state index contributed by atoms with van der Waals surface area (Å²) in [5.74, 6) is 2.55. The molecule has 0 bridgehead atoms. The molecule has 92 valence electrons. The van der Waals surface area contributed by atoms with Gasteiger partial charge in [-0.05, 0) is 12.0 Å². The van der Waals surface area contributed by atoms with E-state index in [1.165, 1.54) is 0 Å². The molecular formula is C14H14N3W-. The molecule has 1 aliphatic rings. The third kappa shape index (κ3) is 2.62. The van der Waals surface area contributed by atoms with Gasteiger partial charge in [0.25, 0.3) is 0 Å². The fourth-order valence-corrected chi connectivity index (χ4v) is 2.07. The summed E-state index contributed by atoms with van der Waals surface area (Å²) in [4.78, 5) is 11.2. The number of nitrogens with zero attached hydrogens (tertiary/aromatic N) is 3. The molecular weight excluding hydrogens is 394 g/mol. The first-order valence-corrected chi connectivity index (χ1v) is 5.88. The number of rotatable bonds is 2. The summed E-state index contributed by atoms with van der Waals surface area (Å²) in [6.07, 6.45) is 1.82. The zero-order valence-electron chi connectivity index (χ0n) is 10.2. The quantitative estimate of drug-likeness (QED) is 0.715. The van der Waals surface area contributed by atoms with Crippen LogP contribution in [0.2, 0.25) is 0 Å². The Morgan fingerprint density at radius 1 is 1.28 bits per heavy atom. The predicted molar refractivity (Wildman–Crippen MR) is 67.7 cm³/mol. The number of hydrogen-bond donors (Lipinski definition) is 0. The molecule has 1 aromatic carbocycles. The second-order valence-electron chi connectivity index (χ2n) is 4.52. The topological polar surface area (TPSA) is 29.0 Å². The molecule has 0 aliphatic carbocycles. The van der Waals surface area contributed by atoms with E-state index in [0.717, 1.165) is 36.2 Å². The number of hydrogen-bond acceptors (Lipinski definition) is 3. The minimum Gasteiger partial charge on any atom is -0.356 e. The summed E-state index contributed by atoms with van der Waals surface area (Å²) in [6.45, 7) is 4.44. The maximum atomic E-state index is 4.58. The molecule has 2 aromatic rings. The molecule has 0 unspecified atom stereocenters. The first-order chi connectivity index (χ1) is 8.33. The minimum atomic E-state index is 0. The molecule has 1 fully saturated rings. The largest absolute Gasteiger partial charge is 0.356 e. The van der Waals surface area contributed by atoms with Crippen molar-refractivity contribution in [2.75, 3.05) is 18.0 Å². The summed E-state index contributed by atoms with van der Waals surface area (Å²) in [5, 5.41) is 0. The van der Waals surface area contributed by atoms with Gasteiger partial charge >= 0.3 is 0 Å². The van der Waals surface area contributed by atoms with Gasteiger partial charge in [0.2, 0.25) is 0 Å². The molecule has 0 spiro atoms. The standard InChI is InChI=1S/C14H14N3.W/c1-11-9-17(10-11)13-7-8-15-14(16-13)12-5-3-2-4-6-12;/h2-5,7-8,11H,9-10H2,1H3;/q-1;. The van der Waals surface area contributed by atoms with Crippen molar-refractivity contribution in [2.45, 2.75) is 6.92 Å². The molecule has 3 rings (SSSR count). The van der Waals surface area contributed by atoms with Crippen LogP contribution in [0.1, 0.15) is 6.92 Å². The second-order valence-corrected chi connectivity index (χ2v) is 4.52. The summed E-state index contributed by atoms with van der Waals surface area (Å²) >= 11 is 0. The van der Waals surface area contributed by atoms with Gasteiger partial charge in [-0.2, -0.15) is 0 Å². The molecule has 1 aromatic heterocycles. The van der Waals surface area contributed by atoms with Gasteiger partial charge in [-0.1, -0.05) is 6.92 Å². The molecule has 18 heavy (non-hydrogen) atoms. The van der Waals surface area contributed by atoms with Crippen LogP contribution in [-0.2, 0) is 21.1 Å². The summed E-state index contributed by atoms with van der Waals surface area (Å²) in [7, 11) is 0. The molecule has 3 nitrogen and oxygen atoms in total. The maximum Gasteiger partial charge on any atom is 0.122 e. The first kappa shape index (κ1) is 13.2. The maximum absolute atomic E-state index is 4.58. The Morgan fingerprint density at radius 3 is 2.78 bits per heavy atom. The van der Waals surface area contributed by atoms with Crippen LogP contribution in [0.15, 0.2) is 36.5 Å². The summed E-state index contributed by atoms with van der Waals surface area (Å²) in [6, 6.07) is 12.9. The van der Waals surface area contributed by atoms with Gasteiger partial charge in [0, 0.05) is 40.4 Å². The Labute approximate surface area is 122 Å². The van der Waals surface area contributed by atoms with E-state index in [1.54, 1.807) is 0 Å². The number of aromatic nitrogens is 2. The van der Waals surface area contributed by atoms with Crippen molar-refractivity contribution in [1.82, 2.24) is 9.97 Å². The second kappa shape index (κ2) is 5.62. The Bertz CT molecular complexity index is 509.